The number of benzene rings is 1. The van der Waals surface area contributed by atoms with E-state index in [4.69, 9.17) is 11.6 Å². The third kappa shape index (κ3) is 3.93. The van der Waals surface area contributed by atoms with Gasteiger partial charge in [-0.15, -0.1) is 11.6 Å². The van der Waals surface area contributed by atoms with E-state index in [1.165, 1.54) is 12.1 Å². The predicted molar refractivity (Wildman–Crippen MR) is 59.9 cm³/mol. The third-order valence-electron chi connectivity index (χ3n) is 2.09. The molecule has 0 saturated heterocycles. The van der Waals surface area contributed by atoms with E-state index in [2.05, 4.69) is 5.32 Å². The minimum Gasteiger partial charge on any atom is -0.385 e. The normalized spacial score (nSPS) is 13.6. The summed E-state index contributed by atoms with van der Waals surface area (Å²) in [6.45, 7) is 2.23. The SMILES string of the molecule is CC(Cl)CCNc1ccccc1C(F)(F)F. The van der Waals surface area contributed by atoms with Crippen molar-refractivity contribution < 1.29 is 13.2 Å². The van der Waals surface area contributed by atoms with Gasteiger partial charge in [0.05, 0.1) is 5.56 Å². The maximum atomic E-state index is 12.6. The van der Waals surface area contributed by atoms with Gasteiger partial charge in [0.2, 0.25) is 0 Å². The molecule has 1 aromatic carbocycles. The number of hydrogen-bond acceptors (Lipinski definition) is 1. The standard InChI is InChI=1S/C11H13ClF3N/c1-8(12)6-7-16-10-5-3-2-4-9(10)11(13,14)15/h2-5,8,16H,6-7H2,1H3. The fraction of sp³-hybridized carbons (Fsp3) is 0.455. The summed E-state index contributed by atoms with van der Waals surface area (Å²) >= 11 is 5.71. The number of rotatable bonds is 4. The molecule has 0 fully saturated rings. The van der Waals surface area contributed by atoms with Gasteiger partial charge in [0.1, 0.15) is 0 Å². The fourth-order valence-electron chi connectivity index (χ4n) is 1.29. The van der Waals surface area contributed by atoms with Crippen LogP contribution in [0.2, 0.25) is 0 Å². The Morgan fingerprint density at radius 2 is 1.94 bits per heavy atom. The van der Waals surface area contributed by atoms with Crippen LogP contribution >= 0.6 is 11.6 Å². The van der Waals surface area contributed by atoms with Crippen LogP contribution in [0.15, 0.2) is 24.3 Å². The van der Waals surface area contributed by atoms with Crippen LogP contribution in [0.3, 0.4) is 0 Å². The molecule has 5 heteroatoms. The highest BCUT2D eigenvalue weighted by Gasteiger charge is 2.32. The molecule has 0 radical (unpaired) electrons. The smallest absolute Gasteiger partial charge is 0.385 e. The summed E-state index contributed by atoms with van der Waals surface area (Å²) in [5, 5.41) is 2.70. The molecule has 1 nitrogen and oxygen atoms in total. The first-order valence-corrected chi connectivity index (χ1v) is 5.39. The number of para-hydroxylation sites is 1. The first-order valence-electron chi connectivity index (χ1n) is 4.95. The summed E-state index contributed by atoms with van der Waals surface area (Å²) in [6.07, 6.45) is -3.70. The van der Waals surface area contributed by atoms with Crippen molar-refractivity contribution >= 4 is 17.3 Å². The molecule has 0 aliphatic carbocycles. The third-order valence-corrected chi connectivity index (χ3v) is 2.31. The van der Waals surface area contributed by atoms with Crippen molar-refractivity contribution in [2.45, 2.75) is 24.9 Å². The summed E-state index contributed by atoms with van der Waals surface area (Å²) in [6, 6.07) is 5.42. The van der Waals surface area contributed by atoms with Gasteiger partial charge in [-0.25, -0.2) is 0 Å². The molecule has 0 aromatic heterocycles. The molecule has 0 heterocycles. The van der Waals surface area contributed by atoms with Crippen molar-refractivity contribution in [2.24, 2.45) is 0 Å². The molecule has 1 aromatic rings. The zero-order chi connectivity index (χ0) is 12.2. The van der Waals surface area contributed by atoms with Crippen molar-refractivity contribution in [1.82, 2.24) is 0 Å². The van der Waals surface area contributed by atoms with E-state index in [-0.39, 0.29) is 11.1 Å². The minimum absolute atomic E-state index is 0.0504. The van der Waals surface area contributed by atoms with Gasteiger partial charge in [0.15, 0.2) is 0 Å². The van der Waals surface area contributed by atoms with Crippen LogP contribution in [-0.2, 0) is 6.18 Å². The van der Waals surface area contributed by atoms with Crippen molar-refractivity contribution in [2.75, 3.05) is 11.9 Å². The Morgan fingerprint density at radius 1 is 1.31 bits per heavy atom. The molecule has 0 bridgehead atoms. The second-order valence-electron chi connectivity index (χ2n) is 3.54. The topological polar surface area (TPSA) is 12.0 Å². The highest BCUT2D eigenvalue weighted by atomic mass is 35.5. The Balaban J connectivity index is 2.72. The van der Waals surface area contributed by atoms with Gasteiger partial charge in [-0.2, -0.15) is 13.2 Å². The molecule has 0 saturated carbocycles. The lowest BCUT2D eigenvalue weighted by Crippen LogP contribution is -2.12. The van der Waals surface area contributed by atoms with Crippen LogP contribution in [0, 0.1) is 0 Å². The van der Waals surface area contributed by atoms with Gasteiger partial charge in [0.25, 0.3) is 0 Å². The van der Waals surface area contributed by atoms with Crippen molar-refractivity contribution in [3.05, 3.63) is 29.8 Å². The van der Waals surface area contributed by atoms with E-state index < -0.39 is 11.7 Å². The van der Waals surface area contributed by atoms with E-state index in [0.717, 1.165) is 6.07 Å². The van der Waals surface area contributed by atoms with Crippen molar-refractivity contribution in [1.29, 1.82) is 0 Å². The Labute approximate surface area is 97.6 Å². The molecule has 1 N–H and O–H groups in total. The molecule has 1 unspecified atom stereocenters. The highest BCUT2D eigenvalue weighted by Crippen LogP contribution is 2.34. The molecule has 1 rings (SSSR count). The predicted octanol–water partition coefficient (Wildman–Crippen LogP) is 4.13. The van der Waals surface area contributed by atoms with Crippen molar-refractivity contribution in [3.8, 4) is 0 Å². The summed E-state index contributed by atoms with van der Waals surface area (Å²) < 4.78 is 37.7. The molecule has 90 valence electrons. The van der Waals surface area contributed by atoms with Crippen LogP contribution in [0.5, 0.6) is 0 Å². The average Bonchev–Trinajstić information content (AvgIpc) is 2.16. The molecule has 16 heavy (non-hydrogen) atoms. The van der Waals surface area contributed by atoms with E-state index >= 15 is 0 Å². The van der Waals surface area contributed by atoms with Crippen molar-refractivity contribution in [3.63, 3.8) is 0 Å². The monoisotopic (exact) mass is 251 g/mol. The Kier molecular flexibility index (Phi) is 4.47. The summed E-state index contributed by atoms with van der Waals surface area (Å²) in [5.41, 5.74) is -0.537. The van der Waals surface area contributed by atoms with E-state index in [9.17, 15) is 13.2 Å². The maximum Gasteiger partial charge on any atom is 0.418 e. The first kappa shape index (κ1) is 13.2. The van der Waals surface area contributed by atoms with E-state index in [0.29, 0.717) is 13.0 Å². The largest absolute Gasteiger partial charge is 0.418 e. The lowest BCUT2D eigenvalue weighted by Gasteiger charge is -2.14. The maximum absolute atomic E-state index is 12.6. The second-order valence-corrected chi connectivity index (χ2v) is 4.28. The number of hydrogen-bond donors (Lipinski definition) is 1. The number of nitrogens with one attached hydrogen (secondary N) is 1. The summed E-state index contributed by atoms with van der Waals surface area (Å²) in [7, 11) is 0. The Hall–Kier alpha value is -0.900. The van der Waals surface area contributed by atoms with Crippen LogP contribution in [0.25, 0.3) is 0 Å². The van der Waals surface area contributed by atoms with Crippen LogP contribution in [0.1, 0.15) is 18.9 Å². The van der Waals surface area contributed by atoms with Gasteiger partial charge in [-0.3, -0.25) is 0 Å². The second kappa shape index (κ2) is 5.43. The Morgan fingerprint density at radius 3 is 2.50 bits per heavy atom. The lowest BCUT2D eigenvalue weighted by molar-refractivity contribution is -0.136. The van der Waals surface area contributed by atoms with Crippen LogP contribution in [-0.4, -0.2) is 11.9 Å². The number of alkyl halides is 4. The van der Waals surface area contributed by atoms with Gasteiger partial charge in [-0.05, 0) is 25.5 Å². The molecular formula is C11H13ClF3N. The van der Waals surface area contributed by atoms with Gasteiger partial charge in [-0.1, -0.05) is 12.1 Å². The highest BCUT2D eigenvalue weighted by molar-refractivity contribution is 6.20. The fourth-order valence-corrected chi connectivity index (χ4v) is 1.40. The van der Waals surface area contributed by atoms with Crippen LogP contribution < -0.4 is 5.32 Å². The zero-order valence-corrected chi connectivity index (χ0v) is 9.57. The van der Waals surface area contributed by atoms with Crippen LogP contribution in [0.4, 0.5) is 18.9 Å². The lowest BCUT2D eigenvalue weighted by atomic mass is 10.1. The van der Waals surface area contributed by atoms with E-state index in [1.807, 2.05) is 0 Å². The first-order chi connectivity index (χ1) is 7.41. The zero-order valence-electron chi connectivity index (χ0n) is 8.81. The molecule has 0 aliphatic rings. The van der Waals surface area contributed by atoms with Gasteiger partial charge >= 0.3 is 6.18 Å². The minimum atomic E-state index is -4.32. The number of anilines is 1. The molecule has 1 atom stereocenters. The number of halogens is 4. The molecule has 0 spiro atoms. The molecule has 0 aliphatic heterocycles. The molecule has 0 amide bonds. The summed E-state index contributed by atoms with van der Waals surface area (Å²) in [4.78, 5) is 0. The van der Waals surface area contributed by atoms with Gasteiger partial charge in [0, 0.05) is 17.6 Å². The van der Waals surface area contributed by atoms with Gasteiger partial charge < -0.3 is 5.32 Å². The average molecular weight is 252 g/mol. The Bertz CT molecular complexity index is 336. The molecular weight excluding hydrogens is 239 g/mol. The summed E-state index contributed by atoms with van der Waals surface area (Å²) in [5.74, 6) is 0. The quantitative estimate of drug-likeness (QED) is 0.794. The van der Waals surface area contributed by atoms with E-state index in [1.54, 1.807) is 13.0 Å².